The monoisotopic (exact) mass is 500 g/mol. The summed E-state index contributed by atoms with van der Waals surface area (Å²) in [5.41, 5.74) is 5.65. The van der Waals surface area contributed by atoms with E-state index >= 15 is 0 Å². The van der Waals surface area contributed by atoms with Crippen LogP contribution in [-0.2, 0) is 25.6 Å². The maximum absolute atomic E-state index is 13.8. The van der Waals surface area contributed by atoms with E-state index in [4.69, 9.17) is 5.73 Å². The molecule has 4 amide bonds. The highest BCUT2D eigenvalue weighted by Crippen LogP contribution is 2.36. The average Bonchev–Trinajstić information content (AvgIpc) is 3.55. The van der Waals surface area contributed by atoms with Gasteiger partial charge in [0, 0.05) is 6.54 Å². The molecule has 2 aliphatic carbocycles. The first-order valence-electron chi connectivity index (χ1n) is 12.9. The Kier molecular flexibility index (Phi) is 7.94. The van der Waals surface area contributed by atoms with Crippen LogP contribution in [0.4, 0.5) is 0 Å². The summed E-state index contributed by atoms with van der Waals surface area (Å²) in [6.07, 6.45) is 5.42. The van der Waals surface area contributed by atoms with Gasteiger partial charge in [0.1, 0.15) is 0 Å². The zero-order valence-corrected chi connectivity index (χ0v) is 20.5. The van der Waals surface area contributed by atoms with Crippen LogP contribution in [0.1, 0.15) is 68.6 Å². The first kappa shape index (κ1) is 26.1. The van der Waals surface area contributed by atoms with Crippen LogP contribution in [0.3, 0.4) is 0 Å². The van der Waals surface area contributed by atoms with E-state index in [0.29, 0.717) is 30.7 Å². The zero-order valence-electron chi connectivity index (χ0n) is 20.5. The molecule has 10 heteroatoms. The summed E-state index contributed by atoms with van der Waals surface area (Å²) in [5.74, 6) is -2.58. The molecule has 196 valence electrons. The van der Waals surface area contributed by atoms with E-state index in [2.05, 4.69) is 5.32 Å². The molecule has 1 saturated carbocycles. The number of aliphatic hydroxyl groups is 1. The maximum Gasteiger partial charge on any atom is 0.256 e. The lowest BCUT2D eigenvalue weighted by Gasteiger charge is -2.39. The van der Waals surface area contributed by atoms with Gasteiger partial charge in [0.15, 0.2) is 0 Å². The first-order valence-corrected chi connectivity index (χ1v) is 12.9. The number of aliphatic hydroxyl groups excluding tert-OH is 1. The van der Waals surface area contributed by atoms with Gasteiger partial charge in [-0.3, -0.25) is 24.4 Å². The van der Waals surface area contributed by atoms with Gasteiger partial charge in [-0.15, -0.1) is 0 Å². The number of amides is 4. The number of nitrogens with two attached hydrogens (primary N) is 1. The molecule has 0 radical (unpaired) electrons. The first-order chi connectivity index (χ1) is 17.3. The van der Waals surface area contributed by atoms with Gasteiger partial charge in [-0.2, -0.15) is 0 Å². The van der Waals surface area contributed by atoms with Crippen LogP contribution in [0.25, 0.3) is 0 Å². The topological polar surface area (TPSA) is 153 Å². The van der Waals surface area contributed by atoms with E-state index in [0.717, 1.165) is 36.8 Å². The second-order valence-corrected chi connectivity index (χ2v) is 10.4. The normalized spacial score (nSPS) is 26.8. The Morgan fingerprint density at radius 2 is 1.92 bits per heavy atom. The fourth-order valence-corrected chi connectivity index (χ4v) is 6.29. The van der Waals surface area contributed by atoms with E-state index in [1.807, 2.05) is 24.3 Å². The molecule has 4 atom stereocenters. The largest absolute Gasteiger partial charge is 0.386 e. The van der Waals surface area contributed by atoms with Crippen molar-refractivity contribution in [3.63, 3.8) is 0 Å². The van der Waals surface area contributed by atoms with Gasteiger partial charge in [-0.05, 0) is 49.1 Å². The van der Waals surface area contributed by atoms with Crippen molar-refractivity contribution in [1.29, 1.82) is 0 Å². The predicted octanol–water partition coefficient (Wildman–Crippen LogP) is 1.04. The number of hydrogen-bond donors (Lipinski definition) is 4. The van der Waals surface area contributed by atoms with Crippen molar-refractivity contribution in [3.8, 4) is 0 Å². The smallest absolute Gasteiger partial charge is 0.256 e. The standard InChI is InChI=1S/C26H36N4O6/c27-24(34)26(25(35)28-21-11-10-18-8-3-4-9-20(18)22(21)32)12-5-13-30(26)23(33)19(15-29(36)16-31)14-17-6-1-2-7-17/h3-4,8-9,16-17,19,21-22,32,36H,1-2,5-7,10-15H2,(H2,27,34)(H,28,35)/t19-,21?,22?,26+/m1/s1. The molecule has 5 N–H and O–H groups in total. The lowest BCUT2D eigenvalue weighted by molar-refractivity contribution is -0.163. The summed E-state index contributed by atoms with van der Waals surface area (Å²) in [6.45, 7) is -0.0527. The Balaban J connectivity index is 1.56. The summed E-state index contributed by atoms with van der Waals surface area (Å²) in [6, 6.07) is 6.85. The van der Waals surface area contributed by atoms with Crippen molar-refractivity contribution in [1.82, 2.24) is 15.3 Å². The van der Waals surface area contributed by atoms with Crippen molar-refractivity contribution < 1.29 is 29.5 Å². The second-order valence-electron chi connectivity index (χ2n) is 10.4. The van der Waals surface area contributed by atoms with Crippen LogP contribution in [0.15, 0.2) is 24.3 Å². The maximum atomic E-state index is 13.8. The fourth-order valence-electron chi connectivity index (χ4n) is 6.29. The molecule has 2 fully saturated rings. The molecule has 3 aliphatic rings. The molecule has 0 spiro atoms. The van der Waals surface area contributed by atoms with Crippen LogP contribution < -0.4 is 11.1 Å². The lowest BCUT2D eigenvalue weighted by Crippen LogP contribution is -2.66. The molecule has 2 unspecified atom stereocenters. The quantitative estimate of drug-likeness (QED) is 0.172. The zero-order chi connectivity index (χ0) is 25.9. The number of benzene rings is 1. The third-order valence-corrected chi connectivity index (χ3v) is 8.20. The van der Waals surface area contributed by atoms with E-state index < -0.39 is 41.3 Å². The average molecular weight is 501 g/mol. The van der Waals surface area contributed by atoms with Gasteiger partial charge in [0.2, 0.25) is 17.9 Å². The summed E-state index contributed by atoms with van der Waals surface area (Å²) in [4.78, 5) is 52.6. The molecule has 36 heavy (non-hydrogen) atoms. The van der Waals surface area contributed by atoms with Gasteiger partial charge >= 0.3 is 0 Å². The predicted molar refractivity (Wildman–Crippen MR) is 129 cm³/mol. The van der Waals surface area contributed by atoms with Crippen molar-refractivity contribution in [3.05, 3.63) is 35.4 Å². The number of fused-ring (bicyclic) bond motifs is 1. The number of rotatable bonds is 9. The van der Waals surface area contributed by atoms with Crippen molar-refractivity contribution >= 4 is 24.1 Å². The van der Waals surface area contributed by atoms with E-state index in [1.165, 1.54) is 4.90 Å². The van der Waals surface area contributed by atoms with Crippen LogP contribution in [0.5, 0.6) is 0 Å². The summed E-state index contributed by atoms with van der Waals surface area (Å²) < 4.78 is 0. The number of likely N-dealkylation sites (tertiary alicyclic amines) is 1. The number of hydroxylamine groups is 2. The number of nitrogens with one attached hydrogen (secondary N) is 1. The molecular weight excluding hydrogens is 464 g/mol. The lowest BCUT2D eigenvalue weighted by atomic mass is 9.84. The van der Waals surface area contributed by atoms with Crippen LogP contribution in [-0.4, -0.2) is 69.1 Å². The van der Waals surface area contributed by atoms with Gasteiger partial charge in [-0.25, -0.2) is 5.06 Å². The van der Waals surface area contributed by atoms with Gasteiger partial charge in [-0.1, -0.05) is 49.9 Å². The fraction of sp³-hybridized carbons (Fsp3) is 0.615. The minimum absolute atomic E-state index is 0.0754. The molecular formula is C26H36N4O6. The third-order valence-electron chi connectivity index (χ3n) is 8.20. The molecule has 0 bridgehead atoms. The molecule has 4 rings (SSSR count). The minimum atomic E-state index is -1.89. The number of nitrogens with zero attached hydrogens (tertiary/aromatic N) is 2. The van der Waals surface area contributed by atoms with Gasteiger partial charge in [0.05, 0.1) is 24.6 Å². The molecule has 1 aromatic carbocycles. The van der Waals surface area contributed by atoms with Crippen molar-refractivity contribution in [2.24, 2.45) is 17.6 Å². The summed E-state index contributed by atoms with van der Waals surface area (Å²) in [5, 5.41) is 24.0. The Morgan fingerprint density at radius 1 is 1.19 bits per heavy atom. The molecule has 10 nitrogen and oxygen atoms in total. The molecule has 1 heterocycles. The highest BCUT2D eigenvalue weighted by Gasteiger charge is 2.56. The molecule has 1 aliphatic heterocycles. The Hall–Kier alpha value is -2.98. The highest BCUT2D eigenvalue weighted by atomic mass is 16.5. The number of carbonyl (C=O) groups is 4. The second kappa shape index (κ2) is 11.0. The van der Waals surface area contributed by atoms with Crippen LogP contribution >= 0.6 is 0 Å². The van der Waals surface area contributed by atoms with E-state index in [9.17, 15) is 29.5 Å². The van der Waals surface area contributed by atoms with Crippen LogP contribution in [0.2, 0.25) is 0 Å². The molecule has 1 saturated heterocycles. The summed E-state index contributed by atoms with van der Waals surface area (Å²) >= 11 is 0. The Morgan fingerprint density at radius 3 is 2.61 bits per heavy atom. The third kappa shape index (κ3) is 4.97. The van der Waals surface area contributed by atoms with E-state index in [-0.39, 0.29) is 31.8 Å². The van der Waals surface area contributed by atoms with E-state index in [1.54, 1.807) is 0 Å². The SMILES string of the molecule is NC(=O)[C@]1(C(=O)NC2CCc3ccccc3C2O)CCCN1C(=O)[C@H](CC1CCCC1)CN(O)C=O. The number of hydrogen-bond acceptors (Lipinski definition) is 6. The Bertz CT molecular complexity index is 996. The number of aryl methyl sites for hydroxylation is 1. The summed E-state index contributed by atoms with van der Waals surface area (Å²) in [7, 11) is 0. The minimum Gasteiger partial charge on any atom is -0.386 e. The van der Waals surface area contributed by atoms with Gasteiger partial charge < -0.3 is 21.1 Å². The molecule has 1 aromatic rings. The van der Waals surface area contributed by atoms with Crippen LogP contribution in [0, 0.1) is 11.8 Å². The number of carbonyl (C=O) groups excluding carboxylic acids is 4. The number of primary amides is 1. The highest BCUT2D eigenvalue weighted by molar-refractivity contribution is 6.12. The Labute approximate surface area is 210 Å². The van der Waals surface area contributed by atoms with Crippen molar-refractivity contribution in [2.75, 3.05) is 13.1 Å². The van der Waals surface area contributed by atoms with Gasteiger partial charge in [0.25, 0.3) is 11.8 Å². The van der Waals surface area contributed by atoms with Crippen molar-refractivity contribution in [2.45, 2.75) is 75.5 Å². The molecule has 0 aromatic heterocycles.